The van der Waals surface area contributed by atoms with Crippen LogP contribution in [0.2, 0.25) is 0 Å². The first-order chi connectivity index (χ1) is 14.8. The smallest absolute Gasteiger partial charge is 0.437 e. The Bertz CT molecular complexity index is 880. The SMILES string of the molecule is CCCc1c(OCCCC(=O)NCCCC(=O)OCC)ccc2c(C(F)(F)F)noc12. The zero-order valence-corrected chi connectivity index (χ0v) is 17.6. The molecule has 1 N–H and O–H groups in total. The summed E-state index contributed by atoms with van der Waals surface area (Å²) in [5.74, 6) is -0.0325. The van der Waals surface area contributed by atoms with Crippen molar-refractivity contribution in [1.29, 1.82) is 0 Å². The number of nitrogens with one attached hydrogen (secondary N) is 1. The molecule has 0 fully saturated rings. The zero-order valence-electron chi connectivity index (χ0n) is 17.6. The molecular formula is C21H27F3N2O5. The van der Waals surface area contributed by atoms with E-state index in [-0.39, 0.29) is 42.3 Å². The monoisotopic (exact) mass is 444 g/mol. The van der Waals surface area contributed by atoms with E-state index in [4.69, 9.17) is 14.0 Å². The summed E-state index contributed by atoms with van der Waals surface area (Å²) in [6, 6.07) is 2.77. The van der Waals surface area contributed by atoms with Crippen molar-refractivity contribution in [2.45, 2.75) is 58.5 Å². The summed E-state index contributed by atoms with van der Waals surface area (Å²) in [6.45, 7) is 4.56. The van der Waals surface area contributed by atoms with Gasteiger partial charge in [0.1, 0.15) is 5.75 Å². The molecule has 31 heavy (non-hydrogen) atoms. The van der Waals surface area contributed by atoms with Crippen LogP contribution in [-0.4, -0.2) is 36.8 Å². The molecule has 0 atom stereocenters. The van der Waals surface area contributed by atoms with E-state index < -0.39 is 11.9 Å². The van der Waals surface area contributed by atoms with E-state index >= 15 is 0 Å². The third kappa shape index (κ3) is 7.15. The fraction of sp³-hybridized carbons (Fsp3) is 0.571. The van der Waals surface area contributed by atoms with Crippen LogP contribution in [0, 0.1) is 0 Å². The third-order valence-electron chi connectivity index (χ3n) is 4.46. The lowest BCUT2D eigenvalue weighted by molar-refractivity contribution is -0.143. The molecule has 1 aromatic carbocycles. The van der Waals surface area contributed by atoms with Gasteiger partial charge in [0.2, 0.25) is 5.91 Å². The molecular weight excluding hydrogens is 417 g/mol. The molecule has 2 aromatic rings. The van der Waals surface area contributed by atoms with E-state index in [0.29, 0.717) is 50.1 Å². The molecule has 0 spiro atoms. The van der Waals surface area contributed by atoms with Gasteiger partial charge in [0.25, 0.3) is 0 Å². The topological polar surface area (TPSA) is 90.7 Å². The second kappa shape index (κ2) is 11.6. The standard InChI is InChI=1S/C21H27F3N2O5/c1-3-7-14-16(11-10-15-19(14)31-26-20(15)21(22,23)24)30-13-6-8-17(27)25-12-5-9-18(28)29-4-2/h10-11H,3-9,12-13H2,1-2H3,(H,25,27). The molecule has 1 amide bonds. The predicted molar refractivity (Wildman–Crippen MR) is 107 cm³/mol. The Labute approximate surface area is 178 Å². The number of hydrogen-bond acceptors (Lipinski definition) is 6. The number of halogens is 3. The van der Waals surface area contributed by atoms with Crippen LogP contribution in [0.4, 0.5) is 13.2 Å². The van der Waals surface area contributed by atoms with Crippen molar-refractivity contribution >= 4 is 22.8 Å². The van der Waals surface area contributed by atoms with Gasteiger partial charge in [-0.1, -0.05) is 18.5 Å². The highest BCUT2D eigenvalue weighted by molar-refractivity contribution is 5.85. The molecule has 1 aromatic heterocycles. The Morgan fingerprint density at radius 1 is 1.16 bits per heavy atom. The summed E-state index contributed by atoms with van der Waals surface area (Å²) < 4.78 is 54.7. The molecule has 0 bridgehead atoms. The minimum Gasteiger partial charge on any atom is -0.493 e. The lowest BCUT2D eigenvalue weighted by Crippen LogP contribution is -2.25. The van der Waals surface area contributed by atoms with Gasteiger partial charge in [0.15, 0.2) is 11.3 Å². The van der Waals surface area contributed by atoms with Crippen LogP contribution in [0.15, 0.2) is 16.7 Å². The van der Waals surface area contributed by atoms with Crippen LogP contribution in [0.1, 0.15) is 57.2 Å². The number of fused-ring (bicyclic) bond motifs is 1. The van der Waals surface area contributed by atoms with E-state index in [1.54, 1.807) is 6.92 Å². The summed E-state index contributed by atoms with van der Waals surface area (Å²) >= 11 is 0. The van der Waals surface area contributed by atoms with Crippen molar-refractivity contribution in [3.8, 4) is 5.75 Å². The number of alkyl halides is 3. The number of carbonyl (C=O) groups excluding carboxylic acids is 2. The molecule has 0 radical (unpaired) electrons. The highest BCUT2D eigenvalue weighted by Gasteiger charge is 2.37. The van der Waals surface area contributed by atoms with E-state index in [9.17, 15) is 22.8 Å². The lowest BCUT2D eigenvalue weighted by Gasteiger charge is -2.12. The minimum atomic E-state index is -4.60. The number of carbonyl (C=O) groups is 2. The molecule has 172 valence electrons. The Morgan fingerprint density at radius 3 is 2.61 bits per heavy atom. The second-order valence-electron chi connectivity index (χ2n) is 6.91. The van der Waals surface area contributed by atoms with Gasteiger partial charge in [-0.2, -0.15) is 13.2 Å². The van der Waals surface area contributed by atoms with Crippen LogP contribution < -0.4 is 10.1 Å². The van der Waals surface area contributed by atoms with Crippen molar-refractivity contribution < 1.29 is 36.8 Å². The van der Waals surface area contributed by atoms with Gasteiger partial charge in [0.05, 0.1) is 18.6 Å². The maximum absolute atomic E-state index is 13.1. The van der Waals surface area contributed by atoms with E-state index in [1.165, 1.54) is 12.1 Å². The highest BCUT2D eigenvalue weighted by atomic mass is 19.4. The number of aryl methyl sites for hydroxylation is 1. The van der Waals surface area contributed by atoms with Gasteiger partial charge in [-0.25, -0.2) is 0 Å². The molecule has 0 saturated heterocycles. The molecule has 10 heteroatoms. The van der Waals surface area contributed by atoms with E-state index in [2.05, 4.69) is 10.5 Å². The van der Waals surface area contributed by atoms with Crippen molar-refractivity contribution in [3.05, 3.63) is 23.4 Å². The number of nitrogens with zero attached hydrogens (tertiary/aromatic N) is 1. The summed E-state index contributed by atoms with van der Waals surface area (Å²) in [4.78, 5) is 23.1. The van der Waals surface area contributed by atoms with Gasteiger partial charge in [0, 0.05) is 24.9 Å². The van der Waals surface area contributed by atoms with Gasteiger partial charge in [-0.05, 0) is 38.3 Å². The Morgan fingerprint density at radius 2 is 1.94 bits per heavy atom. The van der Waals surface area contributed by atoms with Crippen LogP contribution in [-0.2, 0) is 26.9 Å². The summed E-state index contributed by atoms with van der Waals surface area (Å²) in [5, 5.41) is 5.82. The normalized spacial score (nSPS) is 11.5. The predicted octanol–water partition coefficient (Wildman–Crippen LogP) is 4.42. The van der Waals surface area contributed by atoms with Crippen LogP contribution in [0.5, 0.6) is 5.75 Å². The van der Waals surface area contributed by atoms with Gasteiger partial charge in [-0.3, -0.25) is 9.59 Å². The molecule has 0 aliphatic heterocycles. The van der Waals surface area contributed by atoms with Crippen LogP contribution >= 0.6 is 0 Å². The van der Waals surface area contributed by atoms with Gasteiger partial charge in [-0.15, -0.1) is 0 Å². The first-order valence-electron chi connectivity index (χ1n) is 10.3. The Hall–Kier alpha value is -2.78. The lowest BCUT2D eigenvalue weighted by atomic mass is 10.0. The quantitative estimate of drug-likeness (QED) is 0.385. The Balaban J connectivity index is 1.85. The van der Waals surface area contributed by atoms with Crippen LogP contribution in [0.25, 0.3) is 11.0 Å². The number of benzene rings is 1. The van der Waals surface area contributed by atoms with Crippen molar-refractivity contribution in [1.82, 2.24) is 10.5 Å². The highest BCUT2D eigenvalue weighted by Crippen LogP contribution is 2.38. The second-order valence-corrected chi connectivity index (χ2v) is 6.91. The number of aromatic nitrogens is 1. The first kappa shape index (κ1) is 24.5. The minimum absolute atomic E-state index is 0.0750. The molecule has 1 heterocycles. The average molecular weight is 444 g/mol. The number of hydrogen-bond donors (Lipinski definition) is 1. The largest absolute Gasteiger partial charge is 0.493 e. The van der Waals surface area contributed by atoms with Crippen LogP contribution in [0.3, 0.4) is 0 Å². The van der Waals surface area contributed by atoms with Crippen molar-refractivity contribution in [2.75, 3.05) is 19.8 Å². The maximum Gasteiger partial charge on any atom is 0.437 e. The Kier molecular flexibility index (Phi) is 9.14. The molecule has 2 rings (SSSR count). The average Bonchev–Trinajstić information content (AvgIpc) is 3.15. The molecule has 7 nitrogen and oxygen atoms in total. The first-order valence-corrected chi connectivity index (χ1v) is 10.3. The zero-order chi connectivity index (χ0) is 22.9. The van der Waals surface area contributed by atoms with Crippen molar-refractivity contribution in [2.24, 2.45) is 0 Å². The van der Waals surface area contributed by atoms with Gasteiger partial charge < -0.3 is 19.3 Å². The number of ether oxygens (including phenoxy) is 2. The number of amides is 1. The number of rotatable bonds is 12. The van der Waals surface area contributed by atoms with Gasteiger partial charge >= 0.3 is 12.1 Å². The van der Waals surface area contributed by atoms with E-state index in [0.717, 1.165) is 0 Å². The maximum atomic E-state index is 13.1. The summed E-state index contributed by atoms with van der Waals surface area (Å²) in [7, 11) is 0. The summed E-state index contributed by atoms with van der Waals surface area (Å²) in [6.07, 6.45) is -2.04. The van der Waals surface area contributed by atoms with Crippen molar-refractivity contribution in [3.63, 3.8) is 0 Å². The molecule has 0 unspecified atom stereocenters. The molecule has 0 aliphatic carbocycles. The molecule has 0 aliphatic rings. The molecule has 0 saturated carbocycles. The fourth-order valence-electron chi connectivity index (χ4n) is 3.06. The fourth-order valence-corrected chi connectivity index (χ4v) is 3.06. The third-order valence-corrected chi connectivity index (χ3v) is 4.46. The van der Waals surface area contributed by atoms with E-state index in [1.807, 2.05) is 6.92 Å². The number of esters is 1. The summed E-state index contributed by atoms with van der Waals surface area (Å²) in [5.41, 5.74) is -0.441.